The number of rotatable bonds is 3. The first-order chi connectivity index (χ1) is 7.24. The van der Waals surface area contributed by atoms with Crippen LogP contribution in [0.1, 0.15) is 16.1 Å². The summed E-state index contributed by atoms with van der Waals surface area (Å²) in [5, 5.41) is 8.77. The van der Waals surface area contributed by atoms with E-state index in [0.717, 1.165) is 17.8 Å². The van der Waals surface area contributed by atoms with E-state index in [9.17, 15) is 0 Å². The quantitative estimate of drug-likeness (QED) is 0.820. The van der Waals surface area contributed by atoms with Crippen LogP contribution in [0.4, 0.5) is 0 Å². The average molecular weight is 239 g/mol. The van der Waals surface area contributed by atoms with Gasteiger partial charge in [0.25, 0.3) is 0 Å². The highest BCUT2D eigenvalue weighted by atomic mass is 35.5. The van der Waals surface area contributed by atoms with Gasteiger partial charge in [-0.05, 0) is 30.5 Å². The summed E-state index contributed by atoms with van der Waals surface area (Å²) in [5.74, 6) is 0. The molecule has 0 aliphatic heterocycles. The van der Waals surface area contributed by atoms with Crippen molar-refractivity contribution in [3.05, 3.63) is 44.9 Å². The predicted molar refractivity (Wildman–Crippen MR) is 63.5 cm³/mol. The standard InChI is InChI=1S/C11H11ClN2S/c1-8-3-2-4-9(7-8)5-6-10-13-14-11(12)15-10/h2-4,7H,5-6H2,1H3. The van der Waals surface area contributed by atoms with Crippen molar-refractivity contribution in [1.82, 2.24) is 10.2 Å². The third kappa shape index (κ3) is 3.01. The molecule has 1 heterocycles. The van der Waals surface area contributed by atoms with Gasteiger partial charge in [-0.15, -0.1) is 10.2 Å². The minimum absolute atomic E-state index is 0.522. The first-order valence-electron chi connectivity index (χ1n) is 4.77. The van der Waals surface area contributed by atoms with Gasteiger partial charge in [-0.3, -0.25) is 0 Å². The molecule has 0 bridgehead atoms. The second-order valence-electron chi connectivity index (χ2n) is 3.44. The Balaban J connectivity index is 1.99. The monoisotopic (exact) mass is 238 g/mol. The van der Waals surface area contributed by atoms with Gasteiger partial charge >= 0.3 is 0 Å². The predicted octanol–water partition coefficient (Wildman–Crippen LogP) is 3.29. The van der Waals surface area contributed by atoms with E-state index in [2.05, 4.69) is 41.4 Å². The Kier molecular flexibility index (Phi) is 3.34. The van der Waals surface area contributed by atoms with Crippen molar-refractivity contribution < 1.29 is 0 Å². The second kappa shape index (κ2) is 4.73. The van der Waals surface area contributed by atoms with Gasteiger partial charge in [0.05, 0.1) is 0 Å². The van der Waals surface area contributed by atoms with Crippen molar-refractivity contribution in [2.75, 3.05) is 0 Å². The lowest BCUT2D eigenvalue weighted by atomic mass is 10.1. The van der Waals surface area contributed by atoms with Gasteiger partial charge in [0.2, 0.25) is 4.47 Å². The van der Waals surface area contributed by atoms with Crippen LogP contribution in [0.25, 0.3) is 0 Å². The van der Waals surface area contributed by atoms with E-state index in [1.807, 2.05) is 0 Å². The molecule has 0 unspecified atom stereocenters. The Labute approximate surface area is 97.9 Å². The van der Waals surface area contributed by atoms with Gasteiger partial charge in [-0.2, -0.15) is 0 Å². The molecule has 0 atom stereocenters. The zero-order valence-electron chi connectivity index (χ0n) is 8.40. The molecule has 78 valence electrons. The summed E-state index contributed by atoms with van der Waals surface area (Å²) in [5.41, 5.74) is 2.63. The smallest absolute Gasteiger partial charge is 0.142 e. The van der Waals surface area contributed by atoms with E-state index in [1.165, 1.54) is 22.5 Å². The van der Waals surface area contributed by atoms with E-state index >= 15 is 0 Å². The topological polar surface area (TPSA) is 25.8 Å². The molecule has 0 saturated heterocycles. The molecule has 1 aromatic heterocycles. The molecule has 0 saturated carbocycles. The highest BCUT2D eigenvalue weighted by Crippen LogP contribution is 2.17. The van der Waals surface area contributed by atoms with Crippen LogP contribution in [-0.2, 0) is 12.8 Å². The minimum Gasteiger partial charge on any atom is -0.142 e. The van der Waals surface area contributed by atoms with Crippen LogP contribution in [0.5, 0.6) is 0 Å². The number of hydrogen-bond acceptors (Lipinski definition) is 3. The number of nitrogens with zero attached hydrogens (tertiary/aromatic N) is 2. The van der Waals surface area contributed by atoms with Crippen LogP contribution in [0.2, 0.25) is 4.47 Å². The Morgan fingerprint density at radius 3 is 2.80 bits per heavy atom. The van der Waals surface area contributed by atoms with Gasteiger partial charge in [-0.1, -0.05) is 41.2 Å². The second-order valence-corrected chi connectivity index (χ2v) is 5.08. The highest BCUT2D eigenvalue weighted by molar-refractivity contribution is 7.15. The van der Waals surface area contributed by atoms with Crippen LogP contribution < -0.4 is 0 Å². The van der Waals surface area contributed by atoms with Gasteiger partial charge < -0.3 is 0 Å². The molecule has 0 radical (unpaired) electrons. The lowest BCUT2D eigenvalue weighted by molar-refractivity contribution is 0.903. The van der Waals surface area contributed by atoms with Gasteiger partial charge in [0.15, 0.2) is 0 Å². The summed E-state index contributed by atoms with van der Waals surface area (Å²) in [6.07, 6.45) is 1.90. The molecule has 0 N–H and O–H groups in total. The average Bonchev–Trinajstić information content (AvgIpc) is 2.62. The van der Waals surface area contributed by atoms with E-state index in [-0.39, 0.29) is 0 Å². The Hall–Kier alpha value is -0.930. The molecule has 0 fully saturated rings. The SMILES string of the molecule is Cc1cccc(CCc2nnc(Cl)s2)c1. The first kappa shape index (κ1) is 10.6. The zero-order chi connectivity index (χ0) is 10.7. The molecule has 0 spiro atoms. The summed E-state index contributed by atoms with van der Waals surface area (Å²) in [6.45, 7) is 2.10. The van der Waals surface area contributed by atoms with Gasteiger partial charge in [0, 0.05) is 6.42 Å². The molecule has 4 heteroatoms. The summed E-state index contributed by atoms with van der Waals surface area (Å²) in [7, 11) is 0. The van der Waals surface area contributed by atoms with E-state index in [4.69, 9.17) is 11.6 Å². The van der Waals surface area contributed by atoms with Crippen molar-refractivity contribution in [3.8, 4) is 0 Å². The Bertz CT molecular complexity index is 453. The molecule has 0 amide bonds. The minimum atomic E-state index is 0.522. The Morgan fingerprint density at radius 1 is 1.27 bits per heavy atom. The largest absolute Gasteiger partial charge is 0.207 e. The van der Waals surface area contributed by atoms with Crippen LogP contribution >= 0.6 is 22.9 Å². The fourth-order valence-corrected chi connectivity index (χ4v) is 2.32. The lowest BCUT2D eigenvalue weighted by Crippen LogP contribution is -1.91. The maximum atomic E-state index is 5.71. The normalized spacial score (nSPS) is 10.5. The third-order valence-electron chi connectivity index (χ3n) is 2.15. The molecule has 2 rings (SSSR count). The summed E-state index contributed by atoms with van der Waals surface area (Å²) in [6, 6.07) is 8.52. The Morgan fingerprint density at radius 2 is 2.13 bits per heavy atom. The van der Waals surface area contributed by atoms with Crippen molar-refractivity contribution in [2.24, 2.45) is 0 Å². The highest BCUT2D eigenvalue weighted by Gasteiger charge is 2.02. The maximum Gasteiger partial charge on any atom is 0.207 e. The summed E-state index contributed by atoms with van der Waals surface area (Å²) in [4.78, 5) is 0. The zero-order valence-corrected chi connectivity index (χ0v) is 9.98. The van der Waals surface area contributed by atoms with Gasteiger partial charge in [0.1, 0.15) is 5.01 Å². The van der Waals surface area contributed by atoms with Gasteiger partial charge in [-0.25, -0.2) is 0 Å². The number of aromatic nitrogens is 2. The molecule has 2 aromatic rings. The first-order valence-corrected chi connectivity index (χ1v) is 5.97. The molecular weight excluding hydrogens is 228 g/mol. The van der Waals surface area contributed by atoms with Crippen molar-refractivity contribution in [3.63, 3.8) is 0 Å². The lowest BCUT2D eigenvalue weighted by Gasteiger charge is -1.99. The molecule has 2 nitrogen and oxygen atoms in total. The molecule has 1 aromatic carbocycles. The maximum absolute atomic E-state index is 5.71. The van der Waals surface area contributed by atoms with Crippen LogP contribution in [0.3, 0.4) is 0 Å². The fraction of sp³-hybridized carbons (Fsp3) is 0.273. The molecular formula is C11H11ClN2S. The number of benzene rings is 1. The number of hydrogen-bond donors (Lipinski definition) is 0. The van der Waals surface area contributed by atoms with Crippen LogP contribution in [0.15, 0.2) is 24.3 Å². The number of aryl methyl sites for hydroxylation is 3. The van der Waals surface area contributed by atoms with Crippen molar-refractivity contribution >= 4 is 22.9 Å². The fourth-order valence-electron chi connectivity index (χ4n) is 1.45. The third-order valence-corrected chi connectivity index (χ3v) is 3.23. The molecule has 15 heavy (non-hydrogen) atoms. The van der Waals surface area contributed by atoms with Crippen molar-refractivity contribution in [2.45, 2.75) is 19.8 Å². The summed E-state index contributed by atoms with van der Waals surface area (Å²) >= 11 is 7.17. The van der Waals surface area contributed by atoms with E-state index in [0.29, 0.717) is 4.47 Å². The molecule has 0 aliphatic rings. The summed E-state index contributed by atoms with van der Waals surface area (Å²) < 4.78 is 0.522. The number of halogens is 1. The van der Waals surface area contributed by atoms with Crippen LogP contribution in [0, 0.1) is 6.92 Å². The van der Waals surface area contributed by atoms with E-state index in [1.54, 1.807) is 0 Å². The van der Waals surface area contributed by atoms with Crippen molar-refractivity contribution in [1.29, 1.82) is 0 Å². The van der Waals surface area contributed by atoms with Crippen LogP contribution in [-0.4, -0.2) is 10.2 Å². The van der Waals surface area contributed by atoms with E-state index < -0.39 is 0 Å². The molecule has 0 aliphatic carbocycles.